The molecule has 4 aromatic rings. The molecular formula is C22H18BrFN4O. The first-order chi connectivity index (χ1) is 14.1. The summed E-state index contributed by atoms with van der Waals surface area (Å²) in [6.45, 7) is 0.938. The zero-order chi connectivity index (χ0) is 20.2. The van der Waals surface area contributed by atoms with Crippen molar-refractivity contribution >= 4 is 38.7 Å². The molecule has 0 radical (unpaired) electrons. The summed E-state index contributed by atoms with van der Waals surface area (Å²) in [6.07, 6.45) is 0. The maximum atomic E-state index is 13.3. The van der Waals surface area contributed by atoms with E-state index in [1.54, 1.807) is 12.1 Å². The van der Waals surface area contributed by atoms with Crippen molar-refractivity contribution in [2.75, 3.05) is 11.9 Å². The molecule has 0 saturated heterocycles. The Morgan fingerprint density at radius 3 is 2.62 bits per heavy atom. The number of halogens is 2. The second kappa shape index (κ2) is 8.45. The van der Waals surface area contributed by atoms with Gasteiger partial charge in [0, 0.05) is 28.8 Å². The van der Waals surface area contributed by atoms with Crippen LogP contribution in [0.1, 0.15) is 0 Å². The smallest absolute Gasteiger partial charge is 0.319 e. The average Bonchev–Trinajstić information content (AvgIpc) is 3.07. The lowest BCUT2D eigenvalue weighted by Gasteiger charge is -2.11. The number of nitrogens with one attached hydrogen (secondary N) is 2. The summed E-state index contributed by atoms with van der Waals surface area (Å²) in [5, 5.41) is 5.67. The lowest BCUT2D eigenvalue weighted by Crippen LogP contribution is -2.31. The van der Waals surface area contributed by atoms with E-state index in [1.807, 2.05) is 53.1 Å². The van der Waals surface area contributed by atoms with E-state index >= 15 is 0 Å². The predicted octanol–water partition coefficient (Wildman–Crippen LogP) is 5.43. The number of para-hydroxylation sites is 2. The van der Waals surface area contributed by atoms with E-state index in [9.17, 15) is 9.18 Å². The van der Waals surface area contributed by atoms with Gasteiger partial charge in [0.2, 0.25) is 0 Å². The first-order valence-electron chi connectivity index (χ1n) is 9.12. The number of carbonyl (C=O) groups excluding carboxylic acids is 1. The fourth-order valence-corrected chi connectivity index (χ4v) is 3.54. The molecule has 0 atom stereocenters. The molecule has 0 aliphatic heterocycles. The standard InChI is InChI=1S/C22H18BrFN4O/c23-16-4-3-5-18(14-16)26-22(29)25-12-13-28-20-7-2-1-6-19(20)27-21(28)15-8-10-17(24)11-9-15/h1-11,14H,12-13H2,(H2,25,26,29). The zero-order valence-corrected chi connectivity index (χ0v) is 17.0. The number of amides is 2. The number of aromatic nitrogens is 2. The molecule has 0 bridgehead atoms. The summed E-state index contributed by atoms with van der Waals surface area (Å²) in [5.41, 5.74) is 3.34. The minimum absolute atomic E-state index is 0.282. The lowest BCUT2D eigenvalue weighted by molar-refractivity contribution is 0.251. The van der Waals surface area contributed by atoms with Crippen molar-refractivity contribution < 1.29 is 9.18 Å². The molecule has 1 aromatic heterocycles. The summed E-state index contributed by atoms with van der Waals surface area (Å²) in [7, 11) is 0. The fraction of sp³-hybridized carbons (Fsp3) is 0.0909. The molecule has 0 aliphatic carbocycles. The molecule has 0 saturated carbocycles. The van der Waals surface area contributed by atoms with Gasteiger partial charge in [0.05, 0.1) is 11.0 Å². The summed E-state index contributed by atoms with van der Waals surface area (Å²) < 4.78 is 16.2. The Bertz CT molecular complexity index is 1160. The van der Waals surface area contributed by atoms with Crippen molar-refractivity contribution in [2.24, 2.45) is 0 Å². The molecule has 0 unspecified atom stereocenters. The highest BCUT2D eigenvalue weighted by Crippen LogP contribution is 2.25. The normalized spacial score (nSPS) is 10.8. The SMILES string of the molecule is O=C(NCCn1c(-c2ccc(F)cc2)nc2ccccc21)Nc1cccc(Br)c1. The van der Waals surface area contributed by atoms with Gasteiger partial charge in [-0.1, -0.05) is 34.1 Å². The minimum Gasteiger partial charge on any atom is -0.336 e. The number of anilines is 1. The molecule has 0 aliphatic rings. The Kier molecular flexibility index (Phi) is 5.57. The summed E-state index contributed by atoms with van der Waals surface area (Å²) in [6, 6.07) is 21.2. The maximum absolute atomic E-state index is 13.3. The van der Waals surface area contributed by atoms with Gasteiger partial charge in [-0.2, -0.15) is 0 Å². The molecule has 29 heavy (non-hydrogen) atoms. The van der Waals surface area contributed by atoms with Gasteiger partial charge < -0.3 is 15.2 Å². The lowest BCUT2D eigenvalue weighted by atomic mass is 10.2. The number of nitrogens with zero attached hydrogens (tertiary/aromatic N) is 2. The molecule has 4 rings (SSSR count). The topological polar surface area (TPSA) is 59.0 Å². The van der Waals surface area contributed by atoms with Crippen molar-refractivity contribution in [2.45, 2.75) is 6.54 Å². The Morgan fingerprint density at radius 2 is 1.83 bits per heavy atom. The van der Waals surface area contributed by atoms with Crippen LogP contribution < -0.4 is 10.6 Å². The molecule has 0 spiro atoms. The van der Waals surface area contributed by atoms with Gasteiger partial charge in [-0.3, -0.25) is 0 Å². The summed E-state index contributed by atoms with van der Waals surface area (Å²) in [4.78, 5) is 16.9. The summed E-state index contributed by atoms with van der Waals surface area (Å²) >= 11 is 3.38. The largest absolute Gasteiger partial charge is 0.336 e. The maximum Gasteiger partial charge on any atom is 0.319 e. The number of imidazole rings is 1. The molecule has 2 amide bonds. The Hall–Kier alpha value is -3.19. The Balaban J connectivity index is 1.50. The monoisotopic (exact) mass is 452 g/mol. The van der Waals surface area contributed by atoms with Crippen molar-refractivity contribution in [3.05, 3.63) is 83.1 Å². The number of urea groups is 1. The predicted molar refractivity (Wildman–Crippen MR) is 116 cm³/mol. The van der Waals surface area contributed by atoms with Crippen molar-refractivity contribution in [3.63, 3.8) is 0 Å². The van der Waals surface area contributed by atoms with E-state index < -0.39 is 0 Å². The average molecular weight is 453 g/mol. The van der Waals surface area contributed by atoms with Gasteiger partial charge in [-0.05, 0) is 54.6 Å². The van der Waals surface area contributed by atoms with Crippen LogP contribution in [0.2, 0.25) is 0 Å². The Labute approximate surface area is 175 Å². The van der Waals surface area contributed by atoms with Crippen molar-refractivity contribution in [1.29, 1.82) is 0 Å². The number of hydrogen-bond acceptors (Lipinski definition) is 2. The molecule has 3 aromatic carbocycles. The van der Waals surface area contributed by atoms with Gasteiger partial charge >= 0.3 is 6.03 Å². The van der Waals surface area contributed by atoms with Crippen molar-refractivity contribution in [3.8, 4) is 11.4 Å². The summed E-state index contributed by atoms with van der Waals surface area (Å²) in [5.74, 6) is 0.447. The first kappa shape index (κ1) is 19.1. The van der Waals surface area contributed by atoms with E-state index in [0.29, 0.717) is 18.8 Å². The highest BCUT2D eigenvalue weighted by Gasteiger charge is 2.12. The third-order valence-electron chi connectivity index (χ3n) is 4.46. The fourth-order valence-electron chi connectivity index (χ4n) is 3.14. The van der Waals surface area contributed by atoms with Crippen LogP contribution in [0.3, 0.4) is 0 Å². The van der Waals surface area contributed by atoms with Crippen LogP contribution >= 0.6 is 15.9 Å². The van der Waals surface area contributed by atoms with Gasteiger partial charge in [0.15, 0.2) is 0 Å². The van der Waals surface area contributed by atoms with Crippen LogP contribution in [-0.4, -0.2) is 22.1 Å². The molecule has 5 nitrogen and oxygen atoms in total. The molecule has 7 heteroatoms. The van der Waals surface area contributed by atoms with E-state index in [1.165, 1.54) is 12.1 Å². The van der Waals surface area contributed by atoms with Crippen molar-refractivity contribution in [1.82, 2.24) is 14.9 Å². The second-order valence-electron chi connectivity index (χ2n) is 6.47. The van der Waals surface area contributed by atoms with Crippen LogP contribution in [0.4, 0.5) is 14.9 Å². The van der Waals surface area contributed by atoms with Crippen LogP contribution in [0.5, 0.6) is 0 Å². The molecule has 2 N–H and O–H groups in total. The third kappa shape index (κ3) is 4.46. The third-order valence-corrected chi connectivity index (χ3v) is 4.95. The first-order valence-corrected chi connectivity index (χ1v) is 9.91. The van der Waals surface area contributed by atoms with Crippen LogP contribution in [-0.2, 0) is 6.54 Å². The van der Waals surface area contributed by atoms with Gasteiger partial charge in [0.25, 0.3) is 0 Å². The van der Waals surface area contributed by atoms with Crippen LogP contribution in [0, 0.1) is 5.82 Å². The second-order valence-corrected chi connectivity index (χ2v) is 7.39. The van der Waals surface area contributed by atoms with Gasteiger partial charge in [-0.15, -0.1) is 0 Å². The van der Waals surface area contributed by atoms with Gasteiger partial charge in [-0.25, -0.2) is 14.2 Å². The number of hydrogen-bond donors (Lipinski definition) is 2. The number of benzene rings is 3. The number of fused-ring (bicyclic) bond motifs is 1. The van der Waals surface area contributed by atoms with E-state index in [4.69, 9.17) is 4.98 Å². The quantitative estimate of drug-likeness (QED) is 0.424. The molecule has 1 heterocycles. The highest BCUT2D eigenvalue weighted by atomic mass is 79.9. The van der Waals surface area contributed by atoms with E-state index in [0.717, 1.165) is 26.9 Å². The van der Waals surface area contributed by atoms with Crippen LogP contribution in [0.15, 0.2) is 77.3 Å². The van der Waals surface area contributed by atoms with E-state index in [-0.39, 0.29) is 11.8 Å². The Morgan fingerprint density at radius 1 is 1.03 bits per heavy atom. The van der Waals surface area contributed by atoms with Gasteiger partial charge in [0.1, 0.15) is 11.6 Å². The number of carbonyl (C=O) groups is 1. The molecular weight excluding hydrogens is 435 g/mol. The molecule has 146 valence electrons. The van der Waals surface area contributed by atoms with E-state index in [2.05, 4.69) is 26.6 Å². The highest BCUT2D eigenvalue weighted by molar-refractivity contribution is 9.10. The molecule has 0 fully saturated rings. The minimum atomic E-state index is -0.290. The zero-order valence-electron chi connectivity index (χ0n) is 15.4. The van der Waals surface area contributed by atoms with Crippen LogP contribution in [0.25, 0.3) is 22.4 Å². The number of rotatable bonds is 5.